The van der Waals surface area contributed by atoms with Crippen LogP contribution in [-0.2, 0) is 0 Å². The second kappa shape index (κ2) is 8.08. The number of hydrogen-bond acceptors (Lipinski definition) is 0. The fraction of sp³-hybridized carbons (Fsp3) is 0.0323. The van der Waals surface area contributed by atoms with E-state index in [1.54, 1.807) is 0 Å². The molecular weight excluding hydrogens is 372 g/mol. The first-order chi connectivity index (χ1) is 15.3. The van der Waals surface area contributed by atoms with Gasteiger partial charge in [-0.05, 0) is 61.9 Å². The van der Waals surface area contributed by atoms with Crippen LogP contribution >= 0.6 is 0 Å². The molecule has 5 aromatic rings. The maximum atomic E-state index is 3.94. The monoisotopic (exact) mass is 396 g/mol. The third-order valence-electron chi connectivity index (χ3n) is 6.03. The summed E-state index contributed by atoms with van der Waals surface area (Å²) < 4.78 is 0. The van der Waals surface area contributed by atoms with E-state index in [9.17, 15) is 0 Å². The molecule has 0 fully saturated rings. The van der Waals surface area contributed by atoms with E-state index in [-0.39, 0.29) is 0 Å². The van der Waals surface area contributed by atoms with Gasteiger partial charge in [-0.3, -0.25) is 0 Å². The predicted octanol–water partition coefficient (Wildman–Crippen LogP) is 8.92. The van der Waals surface area contributed by atoms with Gasteiger partial charge >= 0.3 is 0 Å². The molecular formula is C31H24. The summed E-state index contributed by atoms with van der Waals surface area (Å²) in [6.07, 6.45) is 4.01. The first-order valence-electron chi connectivity index (χ1n) is 10.7. The Morgan fingerprint density at radius 2 is 0.968 bits per heavy atom. The average Bonchev–Trinajstić information content (AvgIpc) is 2.84. The summed E-state index contributed by atoms with van der Waals surface area (Å²) in [7, 11) is 0. The van der Waals surface area contributed by atoms with Crippen LogP contribution in [0.25, 0.3) is 49.4 Å². The van der Waals surface area contributed by atoms with E-state index in [0.717, 1.165) is 5.57 Å². The minimum absolute atomic E-state index is 1.15. The van der Waals surface area contributed by atoms with Crippen molar-refractivity contribution in [2.45, 2.75) is 6.92 Å². The fourth-order valence-electron chi connectivity index (χ4n) is 4.59. The maximum Gasteiger partial charge on any atom is -0.00264 e. The Hall–Kier alpha value is -3.90. The number of rotatable bonds is 4. The highest BCUT2D eigenvalue weighted by Gasteiger charge is 2.16. The van der Waals surface area contributed by atoms with Crippen LogP contribution in [0.4, 0.5) is 0 Å². The molecule has 148 valence electrons. The van der Waals surface area contributed by atoms with Crippen molar-refractivity contribution in [3.05, 3.63) is 127 Å². The van der Waals surface area contributed by atoms with Crippen molar-refractivity contribution in [3.8, 4) is 22.3 Å². The minimum Gasteiger partial charge on any atom is -0.0985 e. The summed E-state index contributed by atoms with van der Waals surface area (Å²) in [5.41, 5.74) is 7.42. The van der Waals surface area contributed by atoms with Crippen LogP contribution in [0.5, 0.6) is 0 Å². The number of benzene rings is 5. The summed E-state index contributed by atoms with van der Waals surface area (Å²) in [6.45, 7) is 5.99. The van der Waals surface area contributed by atoms with Gasteiger partial charge in [0.15, 0.2) is 0 Å². The summed E-state index contributed by atoms with van der Waals surface area (Å²) >= 11 is 0. The molecule has 0 saturated heterocycles. The number of allylic oxidation sites excluding steroid dienone is 3. The lowest BCUT2D eigenvalue weighted by Gasteiger charge is -2.18. The Kier molecular flexibility index (Phi) is 4.98. The molecule has 0 radical (unpaired) electrons. The second-order valence-electron chi connectivity index (χ2n) is 7.73. The molecule has 0 unspecified atom stereocenters. The number of fused-ring (bicyclic) bond motifs is 2. The normalized spacial score (nSPS) is 11.7. The lowest BCUT2D eigenvalue weighted by molar-refractivity contribution is 1.59. The lowest BCUT2D eigenvalue weighted by atomic mass is 9.86. The first-order valence-corrected chi connectivity index (χ1v) is 10.7. The van der Waals surface area contributed by atoms with Gasteiger partial charge in [0.2, 0.25) is 0 Å². The van der Waals surface area contributed by atoms with Gasteiger partial charge in [-0.15, -0.1) is 0 Å². The molecule has 0 nitrogen and oxygen atoms in total. The highest BCUT2D eigenvalue weighted by Crippen LogP contribution is 2.43. The first kappa shape index (κ1) is 19.1. The summed E-state index contributed by atoms with van der Waals surface area (Å²) in [4.78, 5) is 0. The van der Waals surface area contributed by atoms with Crippen LogP contribution in [0.2, 0.25) is 0 Å². The van der Waals surface area contributed by atoms with Crippen LogP contribution in [0, 0.1) is 0 Å². The van der Waals surface area contributed by atoms with Crippen LogP contribution < -0.4 is 0 Å². The van der Waals surface area contributed by atoms with Crippen LogP contribution in [0.3, 0.4) is 0 Å². The Labute approximate surface area is 183 Å². The highest BCUT2D eigenvalue weighted by molar-refractivity contribution is 6.21. The van der Waals surface area contributed by atoms with Crippen molar-refractivity contribution in [2.75, 3.05) is 0 Å². The Balaban J connectivity index is 1.85. The third kappa shape index (κ3) is 3.27. The molecule has 0 bridgehead atoms. The molecule has 0 saturated carbocycles. The topological polar surface area (TPSA) is 0 Å². The molecule has 5 rings (SSSR count). The molecule has 0 heteroatoms. The molecule has 0 atom stereocenters. The molecule has 5 aromatic carbocycles. The van der Waals surface area contributed by atoms with E-state index in [2.05, 4.69) is 116 Å². The summed E-state index contributed by atoms with van der Waals surface area (Å²) in [6, 6.07) is 37.1. The molecule has 0 aliphatic carbocycles. The van der Waals surface area contributed by atoms with Gasteiger partial charge in [0.1, 0.15) is 0 Å². The van der Waals surface area contributed by atoms with Crippen molar-refractivity contribution in [3.63, 3.8) is 0 Å². The van der Waals surface area contributed by atoms with Gasteiger partial charge in [-0.1, -0.05) is 122 Å². The van der Waals surface area contributed by atoms with Crippen molar-refractivity contribution in [1.29, 1.82) is 0 Å². The van der Waals surface area contributed by atoms with E-state index < -0.39 is 0 Å². The second-order valence-corrected chi connectivity index (χ2v) is 7.73. The summed E-state index contributed by atoms with van der Waals surface area (Å²) in [5, 5.41) is 5.13. The van der Waals surface area contributed by atoms with Gasteiger partial charge in [-0.25, -0.2) is 0 Å². The van der Waals surface area contributed by atoms with E-state index in [1.165, 1.54) is 49.4 Å². The minimum atomic E-state index is 1.15. The SMILES string of the molecule is C=C/C(=C\C)c1ccc(-c2c3ccccc3c(-c3ccccc3)c3ccccc23)cc1. The number of hydrogen-bond donors (Lipinski definition) is 0. The smallest absolute Gasteiger partial charge is 0.00264 e. The molecule has 31 heavy (non-hydrogen) atoms. The van der Waals surface area contributed by atoms with Crippen molar-refractivity contribution in [1.82, 2.24) is 0 Å². The standard InChI is InChI=1S/C31H24/c1-3-22(4-2)23-18-20-25(21-19-23)31-28-16-10-8-14-26(28)30(24-12-6-5-7-13-24)27-15-9-11-17-29(27)31/h3-21H,1H2,2H3/b22-4+. The van der Waals surface area contributed by atoms with Gasteiger partial charge in [0.05, 0.1) is 0 Å². The van der Waals surface area contributed by atoms with Gasteiger partial charge in [0, 0.05) is 0 Å². The molecule has 0 amide bonds. The van der Waals surface area contributed by atoms with E-state index in [0.29, 0.717) is 0 Å². The van der Waals surface area contributed by atoms with Crippen molar-refractivity contribution in [2.24, 2.45) is 0 Å². The van der Waals surface area contributed by atoms with Gasteiger partial charge < -0.3 is 0 Å². The van der Waals surface area contributed by atoms with Crippen LogP contribution in [0.15, 0.2) is 122 Å². The fourth-order valence-corrected chi connectivity index (χ4v) is 4.59. The molecule has 0 heterocycles. The third-order valence-corrected chi connectivity index (χ3v) is 6.03. The Morgan fingerprint density at radius 1 is 0.548 bits per heavy atom. The van der Waals surface area contributed by atoms with Gasteiger partial charge in [-0.2, -0.15) is 0 Å². The summed E-state index contributed by atoms with van der Waals surface area (Å²) in [5.74, 6) is 0. The Bertz CT molecular complexity index is 1360. The highest BCUT2D eigenvalue weighted by atomic mass is 14.2. The molecule has 0 spiro atoms. The predicted molar refractivity (Wildman–Crippen MR) is 136 cm³/mol. The van der Waals surface area contributed by atoms with Crippen molar-refractivity contribution < 1.29 is 0 Å². The van der Waals surface area contributed by atoms with Crippen molar-refractivity contribution >= 4 is 27.1 Å². The van der Waals surface area contributed by atoms with Gasteiger partial charge in [0.25, 0.3) is 0 Å². The zero-order valence-electron chi connectivity index (χ0n) is 17.7. The zero-order chi connectivity index (χ0) is 21.2. The quantitative estimate of drug-likeness (QED) is 0.210. The van der Waals surface area contributed by atoms with Crippen LogP contribution in [0.1, 0.15) is 12.5 Å². The molecule has 0 aromatic heterocycles. The van der Waals surface area contributed by atoms with E-state index in [4.69, 9.17) is 0 Å². The van der Waals surface area contributed by atoms with Crippen LogP contribution in [-0.4, -0.2) is 0 Å². The zero-order valence-corrected chi connectivity index (χ0v) is 17.7. The lowest BCUT2D eigenvalue weighted by Crippen LogP contribution is -1.91. The molecule has 0 aliphatic rings. The molecule has 0 N–H and O–H groups in total. The van der Waals surface area contributed by atoms with E-state index in [1.807, 2.05) is 13.0 Å². The average molecular weight is 397 g/mol. The molecule has 0 aliphatic heterocycles. The maximum absolute atomic E-state index is 3.94. The van der Waals surface area contributed by atoms with E-state index >= 15 is 0 Å². The largest absolute Gasteiger partial charge is 0.0985 e. The Morgan fingerprint density at radius 3 is 1.39 bits per heavy atom.